The number of hydrogen-bond donors (Lipinski definition) is 1. The summed E-state index contributed by atoms with van der Waals surface area (Å²) in [6.45, 7) is -0.160. The first kappa shape index (κ1) is 15.9. The molecule has 124 valence electrons. The number of likely N-dealkylation sites (tertiary alicyclic amines) is 1. The first-order valence-electron chi connectivity index (χ1n) is 7.94. The van der Waals surface area contributed by atoms with Crippen LogP contribution in [0.2, 0.25) is 0 Å². The smallest absolute Gasteiger partial charge is 0.344 e. The van der Waals surface area contributed by atoms with Crippen LogP contribution in [0.1, 0.15) is 44.9 Å². The molecule has 3 aliphatic rings. The van der Waals surface area contributed by atoms with E-state index in [-0.39, 0.29) is 25.4 Å². The number of alkyl halides is 1. The summed E-state index contributed by atoms with van der Waals surface area (Å²) in [5.41, 5.74) is -3.77. The summed E-state index contributed by atoms with van der Waals surface area (Å²) in [7, 11) is 0. The number of nitrogens with zero attached hydrogens (tertiary/aromatic N) is 3. The van der Waals surface area contributed by atoms with Gasteiger partial charge in [0.05, 0.1) is 6.54 Å². The molecule has 1 unspecified atom stereocenters. The quantitative estimate of drug-likeness (QED) is 0.761. The Bertz CT molecular complexity index is 602. The summed E-state index contributed by atoms with van der Waals surface area (Å²) in [4.78, 5) is 25.1. The van der Waals surface area contributed by atoms with Crippen LogP contribution in [0.5, 0.6) is 0 Å². The minimum Gasteiger partial charge on any atom is -0.479 e. The first-order chi connectivity index (χ1) is 10.9. The third-order valence-electron chi connectivity index (χ3n) is 5.54. The van der Waals surface area contributed by atoms with E-state index >= 15 is 0 Å². The van der Waals surface area contributed by atoms with Gasteiger partial charge in [-0.1, -0.05) is 6.42 Å². The molecule has 3 rings (SSSR count). The topological polar surface area (TPSA) is 82.3 Å². The van der Waals surface area contributed by atoms with Gasteiger partial charge in [0.25, 0.3) is 0 Å². The van der Waals surface area contributed by atoms with Crippen LogP contribution in [0, 0.1) is 17.8 Å². The largest absolute Gasteiger partial charge is 0.479 e. The lowest BCUT2D eigenvalue weighted by Gasteiger charge is -2.43. The number of rotatable bonds is 6. The highest BCUT2D eigenvalue weighted by atomic mass is 19.1. The second kappa shape index (κ2) is 5.29. The molecule has 1 spiro atoms. The third-order valence-corrected chi connectivity index (χ3v) is 5.54. The van der Waals surface area contributed by atoms with Crippen LogP contribution in [0.25, 0.3) is 0 Å². The zero-order valence-electron chi connectivity index (χ0n) is 12.9. The highest BCUT2D eigenvalue weighted by Gasteiger charge is 2.66. The van der Waals surface area contributed by atoms with Crippen molar-refractivity contribution in [1.82, 2.24) is 4.90 Å². The van der Waals surface area contributed by atoms with Crippen molar-refractivity contribution >= 4 is 11.9 Å². The molecule has 0 radical (unpaired) electrons. The van der Waals surface area contributed by atoms with E-state index in [0.29, 0.717) is 32.1 Å². The van der Waals surface area contributed by atoms with E-state index in [9.17, 15) is 19.1 Å². The molecule has 0 aromatic heterocycles. The van der Waals surface area contributed by atoms with Crippen molar-refractivity contribution in [3.63, 3.8) is 0 Å². The number of amides is 1. The molecule has 6 nitrogen and oxygen atoms in total. The highest BCUT2D eigenvalue weighted by Crippen LogP contribution is 2.56. The van der Waals surface area contributed by atoms with Crippen molar-refractivity contribution in [2.75, 3.05) is 13.1 Å². The van der Waals surface area contributed by atoms with E-state index < -0.39 is 22.7 Å². The number of halogens is 1. The van der Waals surface area contributed by atoms with Crippen molar-refractivity contribution in [2.45, 2.75) is 56.3 Å². The minimum atomic E-state index is -2.32. The minimum absolute atomic E-state index is 0.184. The van der Waals surface area contributed by atoms with E-state index in [2.05, 4.69) is 16.1 Å². The maximum Gasteiger partial charge on any atom is 0.344 e. The summed E-state index contributed by atoms with van der Waals surface area (Å²) in [5, 5.41) is 17.2. The molecular formula is C16H20FN3O3. The van der Waals surface area contributed by atoms with Crippen LogP contribution < -0.4 is 0 Å². The molecule has 23 heavy (non-hydrogen) atoms. The van der Waals surface area contributed by atoms with Crippen LogP contribution in [0.15, 0.2) is 10.2 Å². The van der Waals surface area contributed by atoms with Crippen LogP contribution in [0.4, 0.5) is 4.39 Å². The third kappa shape index (κ3) is 2.50. The number of carboxylic acids is 1. The Hall–Kier alpha value is -1.97. The lowest BCUT2D eigenvalue weighted by molar-refractivity contribution is -0.162. The van der Waals surface area contributed by atoms with Crippen LogP contribution in [0.3, 0.4) is 0 Å². The number of aliphatic carboxylic acids is 1. The summed E-state index contributed by atoms with van der Waals surface area (Å²) >= 11 is 0. The Labute approximate surface area is 134 Å². The van der Waals surface area contributed by atoms with Crippen LogP contribution in [-0.2, 0) is 9.59 Å². The molecule has 1 atom stereocenters. The van der Waals surface area contributed by atoms with Gasteiger partial charge in [0.1, 0.15) is 0 Å². The molecule has 0 bridgehead atoms. The lowest BCUT2D eigenvalue weighted by Crippen LogP contribution is -2.53. The maximum atomic E-state index is 14.9. The standard InChI is InChI=1S/C16H20FN3O3/c1-2-3-8-15(18-19-15)9-5-12(21)20-10-14(6-4-7-14)16(17,11-20)13(22)23/h1H,3-11H2,(H,22,23). The van der Waals surface area contributed by atoms with Gasteiger partial charge in [-0.15, -0.1) is 12.3 Å². The Morgan fingerprint density at radius 3 is 2.39 bits per heavy atom. The zero-order chi connectivity index (χ0) is 16.7. The van der Waals surface area contributed by atoms with Crippen molar-refractivity contribution in [2.24, 2.45) is 15.6 Å². The molecule has 2 heterocycles. The van der Waals surface area contributed by atoms with Gasteiger partial charge in [-0.05, 0) is 12.8 Å². The van der Waals surface area contributed by atoms with E-state index in [1.165, 1.54) is 4.90 Å². The summed E-state index contributed by atoms with van der Waals surface area (Å²) in [6.07, 6.45) is 8.87. The van der Waals surface area contributed by atoms with Crippen LogP contribution >= 0.6 is 0 Å². The zero-order valence-corrected chi connectivity index (χ0v) is 12.9. The Morgan fingerprint density at radius 2 is 1.96 bits per heavy atom. The monoisotopic (exact) mass is 321 g/mol. The summed E-state index contributed by atoms with van der Waals surface area (Å²) < 4.78 is 14.9. The average Bonchev–Trinajstić information content (AvgIpc) is 3.17. The Morgan fingerprint density at radius 1 is 1.26 bits per heavy atom. The number of carbonyl (C=O) groups excluding carboxylic acids is 1. The van der Waals surface area contributed by atoms with Crippen LogP contribution in [-0.4, -0.2) is 46.3 Å². The fourth-order valence-electron chi connectivity index (χ4n) is 3.74. The van der Waals surface area contributed by atoms with Gasteiger partial charge in [0, 0.05) is 37.6 Å². The SMILES string of the molecule is C#CCCC1(CCC(=O)N2CC3(CCC3)C(F)(C(=O)O)C2)N=N1. The van der Waals surface area contributed by atoms with E-state index in [4.69, 9.17) is 6.42 Å². The molecule has 1 amide bonds. The molecule has 1 N–H and O–H groups in total. The van der Waals surface area contributed by atoms with Gasteiger partial charge < -0.3 is 10.0 Å². The lowest BCUT2D eigenvalue weighted by atomic mass is 9.61. The molecule has 2 fully saturated rings. The Kier molecular flexibility index (Phi) is 3.66. The van der Waals surface area contributed by atoms with Crippen molar-refractivity contribution in [3.05, 3.63) is 0 Å². The van der Waals surface area contributed by atoms with Gasteiger partial charge in [0.2, 0.25) is 11.6 Å². The Balaban J connectivity index is 1.59. The molecule has 1 aliphatic carbocycles. The number of hydrogen-bond acceptors (Lipinski definition) is 4. The van der Waals surface area contributed by atoms with E-state index in [1.807, 2.05) is 0 Å². The predicted octanol–water partition coefficient (Wildman–Crippen LogP) is 2.15. The highest BCUT2D eigenvalue weighted by molar-refractivity contribution is 5.84. The second-order valence-electron chi connectivity index (χ2n) is 6.88. The molecule has 1 saturated heterocycles. The van der Waals surface area contributed by atoms with Gasteiger partial charge in [-0.3, -0.25) is 4.79 Å². The first-order valence-corrected chi connectivity index (χ1v) is 7.94. The molecular weight excluding hydrogens is 301 g/mol. The fraction of sp³-hybridized carbons (Fsp3) is 0.750. The van der Waals surface area contributed by atoms with Crippen molar-refractivity contribution < 1.29 is 19.1 Å². The van der Waals surface area contributed by atoms with Gasteiger partial charge in [-0.2, -0.15) is 10.2 Å². The van der Waals surface area contributed by atoms with E-state index in [1.54, 1.807) is 0 Å². The maximum absolute atomic E-state index is 14.9. The second-order valence-corrected chi connectivity index (χ2v) is 6.88. The number of carboxylic acid groups (broad SMARTS) is 1. The van der Waals surface area contributed by atoms with E-state index in [0.717, 1.165) is 6.42 Å². The summed E-state index contributed by atoms with van der Waals surface area (Å²) in [6, 6.07) is 0. The number of carbonyl (C=O) groups is 2. The molecule has 0 aromatic rings. The summed E-state index contributed by atoms with van der Waals surface area (Å²) in [5.74, 6) is 0.845. The van der Waals surface area contributed by atoms with Crippen molar-refractivity contribution in [1.29, 1.82) is 0 Å². The molecule has 0 aromatic carbocycles. The van der Waals surface area contributed by atoms with Gasteiger partial charge in [0.15, 0.2) is 5.66 Å². The normalized spacial score (nSPS) is 29.1. The van der Waals surface area contributed by atoms with Crippen molar-refractivity contribution in [3.8, 4) is 12.3 Å². The number of terminal acetylenes is 1. The fourth-order valence-corrected chi connectivity index (χ4v) is 3.74. The van der Waals surface area contributed by atoms with Gasteiger partial charge >= 0.3 is 5.97 Å². The molecule has 2 aliphatic heterocycles. The average molecular weight is 321 g/mol. The molecule has 1 saturated carbocycles. The molecule has 7 heteroatoms. The van der Waals surface area contributed by atoms with Gasteiger partial charge in [-0.25, -0.2) is 9.18 Å². The predicted molar refractivity (Wildman–Crippen MR) is 79.2 cm³/mol.